The van der Waals surface area contributed by atoms with Gasteiger partial charge in [0.05, 0.1) is 18.5 Å². The lowest BCUT2D eigenvalue weighted by molar-refractivity contribution is -0.149. The zero-order chi connectivity index (χ0) is 25.3. The number of hydrogen-bond donors (Lipinski definition) is 0. The second kappa shape index (κ2) is 11.8. The molecule has 0 N–H and O–H groups in total. The fourth-order valence-corrected chi connectivity index (χ4v) is 4.57. The lowest BCUT2D eigenvalue weighted by atomic mass is 10.1. The van der Waals surface area contributed by atoms with Crippen molar-refractivity contribution in [2.75, 3.05) is 0 Å². The van der Waals surface area contributed by atoms with Crippen LogP contribution in [0.1, 0.15) is 37.5 Å². The van der Waals surface area contributed by atoms with Crippen LogP contribution >= 0.6 is 7.60 Å². The van der Waals surface area contributed by atoms with E-state index in [1.54, 1.807) is 45.0 Å². The SMILES string of the molecule is CC(C)(C)OC(=O)/C(C#N)=C\c1ccc(P(=O)(OCc2ccccc2)OCc2ccccc2)cc1. The molecule has 3 aromatic carbocycles. The summed E-state index contributed by atoms with van der Waals surface area (Å²) in [6.07, 6.45) is 1.43. The first-order chi connectivity index (χ1) is 16.7. The van der Waals surface area contributed by atoms with E-state index in [0.29, 0.717) is 10.9 Å². The Kier molecular flexibility index (Phi) is 8.78. The quantitative estimate of drug-likeness (QED) is 0.154. The van der Waals surface area contributed by atoms with Crippen LogP contribution in [-0.2, 0) is 36.4 Å². The third-order valence-corrected chi connectivity index (χ3v) is 6.62. The predicted molar refractivity (Wildman–Crippen MR) is 136 cm³/mol. The molecule has 0 unspecified atom stereocenters. The monoisotopic (exact) mass is 489 g/mol. The van der Waals surface area contributed by atoms with Crippen LogP contribution in [0.25, 0.3) is 6.08 Å². The number of carbonyl (C=O) groups is 1. The summed E-state index contributed by atoms with van der Waals surface area (Å²) in [6, 6.07) is 27.3. The summed E-state index contributed by atoms with van der Waals surface area (Å²) in [4.78, 5) is 12.3. The van der Waals surface area contributed by atoms with E-state index in [1.807, 2.05) is 66.7 Å². The van der Waals surface area contributed by atoms with E-state index in [1.165, 1.54) is 6.08 Å². The van der Waals surface area contributed by atoms with Crippen molar-refractivity contribution in [3.05, 3.63) is 107 Å². The minimum Gasteiger partial charge on any atom is -0.456 e. The molecule has 35 heavy (non-hydrogen) atoms. The summed E-state index contributed by atoms with van der Waals surface area (Å²) in [5.41, 5.74) is 1.47. The maximum absolute atomic E-state index is 13.8. The number of nitriles is 1. The van der Waals surface area contributed by atoms with Gasteiger partial charge in [0.2, 0.25) is 0 Å². The molecule has 0 heterocycles. The molecule has 0 aliphatic rings. The molecule has 3 aromatic rings. The molecule has 0 fully saturated rings. The lowest BCUT2D eigenvalue weighted by Gasteiger charge is -2.20. The van der Waals surface area contributed by atoms with Gasteiger partial charge in [0.25, 0.3) is 0 Å². The van der Waals surface area contributed by atoms with Crippen LogP contribution in [0.5, 0.6) is 0 Å². The van der Waals surface area contributed by atoms with Crippen molar-refractivity contribution in [1.29, 1.82) is 5.26 Å². The van der Waals surface area contributed by atoms with Crippen LogP contribution in [-0.4, -0.2) is 11.6 Å². The van der Waals surface area contributed by atoms with Crippen LogP contribution in [0.4, 0.5) is 0 Å². The van der Waals surface area contributed by atoms with E-state index in [4.69, 9.17) is 13.8 Å². The topological polar surface area (TPSA) is 85.6 Å². The highest BCUT2D eigenvalue weighted by Crippen LogP contribution is 2.48. The molecule has 0 bridgehead atoms. The van der Waals surface area contributed by atoms with Gasteiger partial charge in [-0.15, -0.1) is 0 Å². The summed E-state index contributed by atoms with van der Waals surface area (Å²) in [6.45, 7) is 5.43. The molecular formula is C28H28NO5P. The highest BCUT2D eigenvalue weighted by atomic mass is 31.2. The average Bonchev–Trinajstić information content (AvgIpc) is 2.85. The maximum atomic E-state index is 13.8. The molecule has 180 valence electrons. The molecule has 0 aliphatic carbocycles. The van der Waals surface area contributed by atoms with Crippen molar-refractivity contribution >= 4 is 24.9 Å². The van der Waals surface area contributed by atoms with Crippen LogP contribution in [0.3, 0.4) is 0 Å². The minimum absolute atomic E-state index is 0.117. The van der Waals surface area contributed by atoms with Gasteiger partial charge in [-0.3, -0.25) is 4.57 Å². The molecule has 7 heteroatoms. The normalized spacial score (nSPS) is 12.1. The van der Waals surface area contributed by atoms with Gasteiger partial charge in [0.1, 0.15) is 17.2 Å². The minimum atomic E-state index is -3.69. The average molecular weight is 490 g/mol. The molecule has 0 saturated heterocycles. The smallest absolute Gasteiger partial charge is 0.361 e. The van der Waals surface area contributed by atoms with Crippen LogP contribution in [0, 0.1) is 11.3 Å². The summed E-state index contributed by atoms with van der Waals surface area (Å²) >= 11 is 0. The molecule has 6 nitrogen and oxygen atoms in total. The standard InChI is InChI=1S/C28H28NO5P/c1-28(2,3)34-27(30)25(19-29)18-22-14-16-26(17-15-22)35(31,32-20-23-10-6-4-7-11-23)33-21-24-12-8-5-9-13-24/h4-18H,20-21H2,1-3H3/b25-18-. The lowest BCUT2D eigenvalue weighted by Crippen LogP contribution is -2.24. The molecule has 0 aromatic heterocycles. The van der Waals surface area contributed by atoms with Gasteiger partial charge >= 0.3 is 13.6 Å². The molecule has 3 rings (SSSR count). The number of rotatable bonds is 9. The zero-order valence-corrected chi connectivity index (χ0v) is 20.9. The van der Waals surface area contributed by atoms with E-state index in [2.05, 4.69) is 0 Å². The van der Waals surface area contributed by atoms with Crippen molar-refractivity contribution in [3.63, 3.8) is 0 Å². The second-order valence-corrected chi connectivity index (χ2v) is 10.8. The second-order valence-electron chi connectivity index (χ2n) is 8.78. The number of esters is 1. The van der Waals surface area contributed by atoms with Crippen molar-refractivity contribution in [2.45, 2.75) is 39.6 Å². The molecule has 0 saturated carbocycles. The predicted octanol–water partition coefficient (Wildman–Crippen LogP) is 6.19. The van der Waals surface area contributed by atoms with Gasteiger partial charge < -0.3 is 13.8 Å². The summed E-state index contributed by atoms with van der Waals surface area (Å²) in [7, 11) is -3.69. The first-order valence-corrected chi connectivity index (χ1v) is 12.7. The highest BCUT2D eigenvalue weighted by Gasteiger charge is 2.28. The van der Waals surface area contributed by atoms with E-state index in [9.17, 15) is 14.6 Å². The molecule has 0 atom stereocenters. The van der Waals surface area contributed by atoms with Gasteiger partial charge in [-0.25, -0.2) is 4.79 Å². The molecule has 0 radical (unpaired) electrons. The van der Waals surface area contributed by atoms with Gasteiger partial charge in [-0.05, 0) is 55.7 Å². The Morgan fingerprint density at radius 3 is 1.77 bits per heavy atom. The van der Waals surface area contributed by atoms with Crippen molar-refractivity contribution in [2.24, 2.45) is 0 Å². The van der Waals surface area contributed by atoms with E-state index in [-0.39, 0.29) is 18.8 Å². The van der Waals surface area contributed by atoms with Crippen molar-refractivity contribution < 1.29 is 23.1 Å². The van der Waals surface area contributed by atoms with Crippen molar-refractivity contribution in [3.8, 4) is 6.07 Å². The van der Waals surface area contributed by atoms with Gasteiger partial charge in [0.15, 0.2) is 0 Å². The number of ether oxygens (including phenoxy) is 1. The number of carbonyl (C=O) groups excluding carboxylic acids is 1. The Morgan fingerprint density at radius 2 is 1.34 bits per heavy atom. The molecule has 0 amide bonds. The first kappa shape index (κ1) is 26.1. The maximum Gasteiger partial charge on any atom is 0.361 e. The molecule has 0 spiro atoms. The van der Waals surface area contributed by atoms with E-state index >= 15 is 0 Å². The number of hydrogen-bond acceptors (Lipinski definition) is 6. The van der Waals surface area contributed by atoms with Gasteiger partial charge in [-0.1, -0.05) is 72.8 Å². The largest absolute Gasteiger partial charge is 0.456 e. The zero-order valence-electron chi connectivity index (χ0n) is 20.0. The third kappa shape index (κ3) is 8.05. The van der Waals surface area contributed by atoms with Crippen LogP contribution in [0.15, 0.2) is 90.5 Å². The molecule has 0 aliphatic heterocycles. The fraction of sp³-hybridized carbons (Fsp3) is 0.214. The Bertz CT molecular complexity index is 1190. The third-order valence-electron chi connectivity index (χ3n) is 4.75. The summed E-state index contributed by atoms with van der Waals surface area (Å²) < 4.78 is 30.8. The number of nitrogens with zero attached hydrogens (tertiary/aromatic N) is 1. The molecular weight excluding hydrogens is 461 g/mol. The first-order valence-electron chi connectivity index (χ1n) is 11.1. The van der Waals surface area contributed by atoms with Crippen LogP contribution < -0.4 is 5.30 Å². The van der Waals surface area contributed by atoms with Gasteiger partial charge in [-0.2, -0.15) is 5.26 Å². The van der Waals surface area contributed by atoms with Gasteiger partial charge in [0, 0.05) is 0 Å². The van der Waals surface area contributed by atoms with E-state index < -0.39 is 19.2 Å². The summed E-state index contributed by atoms with van der Waals surface area (Å²) in [5.74, 6) is -0.702. The Morgan fingerprint density at radius 1 is 0.857 bits per heavy atom. The van der Waals surface area contributed by atoms with Crippen LogP contribution in [0.2, 0.25) is 0 Å². The Labute approximate surface area is 206 Å². The highest BCUT2D eigenvalue weighted by molar-refractivity contribution is 7.62. The Balaban J connectivity index is 1.83. The van der Waals surface area contributed by atoms with E-state index in [0.717, 1.165) is 11.1 Å². The summed E-state index contributed by atoms with van der Waals surface area (Å²) in [5, 5.41) is 9.76. The Hall–Kier alpha value is -3.49. The number of benzene rings is 3. The fourth-order valence-electron chi connectivity index (χ4n) is 3.04. The van der Waals surface area contributed by atoms with Crippen molar-refractivity contribution in [1.82, 2.24) is 0 Å².